The molecule has 0 aliphatic heterocycles. The van der Waals surface area contributed by atoms with Crippen LogP contribution in [0.15, 0.2) is 24.3 Å². The molecule has 0 fully saturated rings. The monoisotopic (exact) mass is 403 g/mol. The van der Waals surface area contributed by atoms with Crippen molar-refractivity contribution in [3.05, 3.63) is 35.4 Å². The lowest BCUT2D eigenvalue weighted by molar-refractivity contribution is 0.160. The Morgan fingerprint density at radius 3 is 2.00 bits per heavy atom. The van der Waals surface area contributed by atoms with Crippen molar-refractivity contribution in [2.45, 2.75) is 98.7 Å². The van der Waals surface area contributed by atoms with E-state index in [4.69, 9.17) is 0 Å². The second-order valence-corrected chi connectivity index (χ2v) is 10.3. The van der Waals surface area contributed by atoms with E-state index in [2.05, 4.69) is 76.0 Å². The molecular weight excluding hydrogens is 358 g/mol. The summed E-state index contributed by atoms with van der Waals surface area (Å²) in [5.74, 6) is 0. The van der Waals surface area contributed by atoms with Crippen molar-refractivity contribution in [2.75, 3.05) is 19.6 Å². The highest BCUT2D eigenvalue weighted by molar-refractivity contribution is 5.75. The zero-order chi connectivity index (χ0) is 22.2. The van der Waals surface area contributed by atoms with Gasteiger partial charge in [-0.05, 0) is 76.7 Å². The minimum absolute atomic E-state index is 0.0211. The number of carbonyl (C=O) groups is 1. The molecule has 29 heavy (non-hydrogen) atoms. The Morgan fingerprint density at radius 1 is 1.00 bits per heavy atom. The van der Waals surface area contributed by atoms with Crippen LogP contribution in [-0.2, 0) is 12.0 Å². The Labute approximate surface area is 180 Å². The third-order valence-electron chi connectivity index (χ3n) is 5.44. The lowest BCUT2D eigenvalue weighted by Gasteiger charge is -2.33. The minimum Gasteiger partial charge on any atom is -0.333 e. The van der Waals surface area contributed by atoms with E-state index in [-0.39, 0.29) is 23.0 Å². The van der Waals surface area contributed by atoms with Crippen molar-refractivity contribution in [2.24, 2.45) is 0 Å². The Morgan fingerprint density at radius 2 is 1.55 bits per heavy atom. The molecule has 0 saturated carbocycles. The number of hydrogen-bond acceptors (Lipinski definition) is 2. The van der Waals surface area contributed by atoms with Crippen LogP contribution < -0.4 is 5.32 Å². The topological polar surface area (TPSA) is 35.6 Å². The average Bonchev–Trinajstić information content (AvgIpc) is 2.61. The van der Waals surface area contributed by atoms with Crippen LogP contribution in [0.1, 0.15) is 86.3 Å². The summed E-state index contributed by atoms with van der Waals surface area (Å²) in [6.45, 7) is 23.3. The zero-order valence-corrected chi connectivity index (χ0v) is 20.4. The molecule has 1 aromatic rings. The quantitative estimate of drug-likeness (QED) is 0.565. The first-order valence-electron chi connectivity index (χ1n) is 11.3. The van der Waals surface area contributed by atoms with E-state index in [0.29, 0.717) is 6.54 Å². The maximum Gasteiger partial charge on any atom is 0.318 e. The molecule has 4 nitrogen and oxygen atoms in total. The van der Waals surface area contributed by atoms with Crippen molar-refractivity contribution in [3.63, 3.8) is 0 Å². The van der Waals surface area contributed by atoms with Crippen LogP contribution in [0.4, 0.5) is 4.79 Å². The first-order chi connectivity index (χ1) is 13.4. The van der Waals surface area contributed by atoms with Crippen LogP contribution in [-0.4, -0.2) is 47.0 Å². The third kappa shape index (κ3) is 9.20. The van der Waals surface area contributed by atoms with Crippen LogP contribution in [0.2, 0.25) is 0 Å². The average molecular weight is 404 g/mol. The summed E-state index contributed by atoms with van der Waals surface area (Å²) in [7, 11) is 0. The van der Waals surface area contributed by atoms with Gasteiger partial charge in [-0.3, -0.25) is 0 Å². The minimum atomic E-state index is -0.244. The van der Waals surface area contributed by atoms with E-state index in [9.17, 15) is 4.79 Å². The van der Waals surface area contributed by atoms with E-state index < -0.39 is 0 Å². The normalized spacial score (nSPS) is 13.4. The maximum absolute atomic E-state index is 13.0. The summed E-state index contributed by atoms with van der Waals surface area (Å²) < 4.78 is 0. The van der Waals surface area contributed by atoms with Gasteiger partial charge < -0.3 is 15.1 Å². The standard InChI is InChI=1S/C25H45N3O/c1-10-27(11-2)18-12-13-20(3)28(23(29)26-25(7,8)9)19-21-14-16-22(17-15-21)24(4,5)6/h14-17,20H,10-13,18-19H2,1-9H3,(H,26,29). The summed E-state index contributed by atoms with van der Waals surface area (Å²) in [6.07, 6.45) is 2.11. The molecule has 1 unspecified atom stereocenters. The first kappa shape index (κ1) is 25.5. The van der Waals surface area contributed by atoms with E-state index in [1.165, 1.54) is 11.1 Å². The summed E-state index contributed by atoms with van der Waals surface area (Å²) in [6, 6.07) is 8.93. The number of hydrogen-bond donors (Lipinski definition) is 1. The van der Waals surface area contributed by atoms with Gasteiger partial charge in [-0.15, -0.1) is 0 Å². The highest BCUT2D eigenvalue weighted by Crippen LogP contribution is 2.23. The molecule has 0 aliphatic carbocycles. The molecule has 1 N–H and O–H groups in total. The van der Waals surface area contributed by atoms with Gasteiger partial charge in [-0.2, -0.15) is 0 Å². The molecule has 2 amide bonds. The van der Waals surface area contributed by atoms with Gasteiger partial charge in [0, 0.05) is 18.1 Å². The number of nitrogens with zero attached hydrogens (tertiary/aromatic N) is 2. The van der Waals surface area contributed by atoms with Crippen LogP contribution in [0.25, 0.3) is 0 Å². The van der Waals surface area contributed by atoms with Crippen molar-refractivity contribution < 1.29 is 4.79 Å². The van der Waals surface area contributed by atoms with Gasteiger partial charge in [0.25, 0.3) is 0 Å². The van der Waals surface area contributed by atoms with Gasteiger partial charge in [0.2, 0.25) is 0 Å². The van der Waals surface area contributed by atoms with Gasteiger partial charge in [-0.1, -0.05) is 58.9 Å². The zero-order valence-electron chi connectivity index (χ0n) is 20.4. The molecule has 0 heterocycles. The molecule has 1 rings (SSSR count). The van der Waals surface area contributed by atoms with Crippen LogP contribution >= 0.6 is 0 Å². The fourth-order valence-electron chi connectivity index (χ4n) is 3.43. The van der Waals surface area contributed by atoms with E-state index in [1.54, 1.807) is 0 Å². The highest BCUT2D eigenvalue weighted by Gasteiger charge is 2.24. The van der Waals surface area contributed by atoms with Crippen LogP contribution in [0.3, 0.4) is 0 Å². The lowest BCUT2D eigenvalue weighted by Crippen LogP contribution is -2.51. The molecule has 0 radical (unpaired) electrons. The summed E-state index contributed by atoms with van der Waals surface area (Å²) >= 11 is 0. The Bertz CT molecular complexity index is 606. The summed E-state index contributed by atoms with van der Waals surface area (Å²) in [5.41, 5.74) is 2.39. The second kappa shape index (κ2) is 11.0. The van der Waals surface area contributed by atoms with Crippen molar-refractivity contribution in [3.8, 4) is 0 Å². The molecular formula is C25H45N3O. The molecule has 1 atom stereocenters. The lowest BCUT2D eigenvalue weighted by atomic mass is 9.86. The Balaban J connectivity index is 2.89. The van der Waals surface area contributed by atoms with Crippen molar-refractivity contribution >= 4 is 6.03 Å². The largest absolute Gasteiger partial charge is 0.333 e. The fourth-order valence-corrected chi connectivity index (χ4v) is 3.43. The number of benzene rings is 1. The van der Waals surface area contributed by atoms with Gasteiger partial charge in [0.05, 0.1) is 0 Å². The van der Waals surface area contributed by atoms with Crippen molar-refractivity contribution in [1.29, 1.82) is 0 Å². The second-order valence-electron chi connectivity index (χ2n) is 10.3. The summed E-state index contributed by atoms with van der Waals surface area (Å²) in [5, 5.41) is 3.15. The van der Waals surface area contributed by atoms with Gasteiger partial charge in [0.15, 0.2) is 0 Å². The van der Waals surface area contributed by atoms with Gasteiger partial charge in [0.1, 0.15) is 0 Å². The number of nitrogens with one attached hydrogen (secondary N) is 1. The molecule has 0 bridgehead atoms. The van der Waals surface area contributed by atoms with Crippen molar-refractivity contribution in [1.82, 2.24) is 15.1 Å². The van der Waals surface area contributed by atoms with E-state index in [0.717, 1.165) is 32.5 Å². The molecule has 0 aliphatic rings. The molecule has 166 valence electrons. The maximum atomic E-state index is 13.0. The van der Waals surface area contributed by atoms with E-state index >= 15 is 0 Å². The molecule has 0 aromatic heterocycles. The predicted molar refractivity (Wildman–Crippen MR) is 125 cm³/mol. The summed E-state index contributed by atoms with van der Waals surface area (Å²) in [4.78, 5) is 17.5. The van der Waals surface area contributed by atoms with Gasteiger partial charge in [-0.25, -0.2) is 4.79 Å². The first-order valence-corrected chi connectivity index (χ1v) is 11.3. The molecule has 1 aromatic carbocycles. The SMILES string of the molecule is CCN(CC)CCCC(C)N(Cc1ccc(C(C)(C)C)cc1)C(=O)NC(C)(C)C. The molecule has 0 spiro atoms. The van der Waals surface area contributed by atoms with Crippen LogP contribution in [0.5, 0.6) is 0 Å². The molecule has 0 saturated heterocycles. The Hall–Kier alpha value is -1.55. The van der Waals surface area contributed by atoms with Gasteiger partial charge >= 0.3 is 6.03 Å². The van der Waals surface area contributed by atoms with E-state index in [1.807, 2.05) is 25.7 Å². The smallest absolute Gasteiger partial charge is 0.318 e. The molecule has 4 heteroatoms. The number of amides is 2. The van der Waals surface area contributed by atoms with Crippen LogP contribution in [0, 0.1) is 0 Å². The number of carbonyl (C=O) groups excluding carboxylic acids is 1. The number of rotatable bonds is 9. The third-order valence-corrected chi connectivity index (χ3v) is 5.44. The predicted octanol–water partition coefficient (Wildman–Crippen LogP) is 5.80. The highest BCUT2D eigenvalue weighted by atomic mass is 16.2. The fraction of sp³-hybridized carbons (Fsp3) is 0.720. The number of urea groups is 1. The Kier molecular flexibility index (Phi) is 9.67.